The van der Waals surface area contributed by atoms with Gasteiger partial charge in [0.1, 0.15) is 22.8 Å². The first-order valence-electron chi connectivity index (χ1n) is 12.5. The molecule has 1 unspecified atom stereocenters. The number of fused-ring (bicyclic) bond motifs is 1. The van der Waals surface area contributed by atoms with Gasteiger partial charge in [0.05, 0.1) is 5.41 Å². The third-order valence-corrected chi connectivity index (χ3v) is 9.78. The Kier molecular flexibility index (Phi) is 9.64. The molecule has 1 aromatic heterocycles. The highest BCUT2D eigenvalue weighted by molar-refractivity contribution is 8.06. The van der Waals surface area contributed by atoms with Crippen molar-refractivity contribution in [3.63, 3.8) is 0 Å². The van der Waals surface area contributed by atoms with Gasteiger partial charge in [0.2, 0.25) is 6.79 Å². The smallest absolute Gasteiger partial charge is 0.358 e. The van der Waals surface area contributed by atoms with Gasteiger partial charge in [-0.25, -0.2) is 9.78 Å². The molecule has 2 amide bonds. The SMILES string of the molecule is CC(C)(C)C(=O)OCOC(=O)C1=C(SCC2CCOCC2)CS[C@H]2C(NC(=O)/C(=N\O)c3csc(N)n3)C(=O)N12. The predicted octanol–water partition coefficient (Wildman–Crippen LogP) is 1.76. The zero-order valence-electron chi connectivity index (χ0n) is 22.2. The number of ether oxygens (including phenoxy) is 3. The molecular formula is C24H31N5O8S3. The van der Waals surface area contributed by atoms with E-state index in [1.807, 2.05) is 0 Å². The van der Waals surface area contributed by atoms with Gasteiger partial charge in [-0.05, 0) is 39.5 Å². The van der Waals surface area contributed by atoms with Crippen LogP contribution in [0.4, 0.5) is 5.13 Å². The highest BCUT2D eigenvalue weighted by atomic mass is 32.2. The molecule has 218 valence electrons. The maximum atomic E-state index is 13.3. The Morgan fingerprint density at radius 1 is 1.30 bits per heavy atom. The van der Waals surface area contributed by atoms with Crippen molar-refractivity contribution >= 4 is 69.5 Å². The highest BCUT2D eigenvalue weighted by Crippen LogP contribution is 2.44. The van der Waals surface area contributed by atoms with Gasteiger partial charge in [0, 0.05) is 35.0 Å². The molecule has 1 aromatic rings. The molecular weight excluding hydrogens is 582 g/mol. The minimum Gasteiger partial charge on any atom is -0.427 e. The van der Waals surface area contributed by atoms with Crippen LogP contribution >= 0.6 is 34.9 Å². The van der Waals surface area contributed by atoms with E-state index < -0.39 is 47.4 Å². The number of nitrogens with zero attached hydrogens (tertiary/aromatic N) is 3. The number of β-lactam (4-membered cyclic amide) rings is 1. The summed E-state index contributed by atoms with van der Waals surface area (Å²) in [7, 11) is 0. The van der Waals surface area contributed by atoms with Gasteiger partial charge < -0.3 is 30.5 Å². The number of nitrogens with two attached hydrogens (primary N) is 1. The van der Waals surface area contributed by atoms with Gasteiger partial charge in [-0.3, -0.25) is 19.3 Å². The van der Waals surface area contributed by atoms with Crippen LogP contribution in [0.5, 0.6) is 0 Å². The number of nitrogen functional groups attached to an aromatic ring is 1. The molecule has 4 rings (SSSR count). The van der Waals surface area contributed by atoms with Crippen LogP contribution in [0.1, 0.15) is 39.3 Å². The summed E-state index contributed by atoms with van der Waals surface area (Å²) in [4.78, 5) is 57.3. The monoisotopic (exact) mass is 613 g/mol. The molecule has 4 heterocycles. The Morgan fingerprint density at radius 2 is 2.02 bits per heavy atom. The fraction of sp³-hybridized carbons (Fsp3) is 0.583. The maximum Gasteiger partial charge on any atom is 0.358 e. The van der Waals surface area contributed by atoms with Crippen molar-refractivity contribution in [2.45, 2.75) is 45.0 Å². The minimum atomic E-state index is -0.978. The van der Waals surface area contributed by atoms with Crippen molar-refractivity contribution in [1.29, 1.82) is 0 Å². The fourth-order valence-corrected chi connectivity index (χ4v) is 7.43. The van der Waals surface area contributed by atoms with Gasteiger partial charge >= 0.3 is 11.9 Å². The van der Waals surface area contributed by atoms with Crippen molar-refractivity contribution in [2.24, 2.45) is 16.5 Å². The molecule has 3 aliphatic heterocycles. The van der Waals surface area contributed by atoms with Crippen molar-refractivity contribution in [1.82, 2.24) is 15.2 Å². The zero-order valence-corrected chi connectivity index (χ0v) is 24.7. The Morgan fingerprint density at radius 3 is 2.65 bits per heavy atom. The second-order valence-electron chi connectivity index (χ2n) is 10.3. The van der Waals surface area contributed by atoms with Crippen LogP contribution in [0.25, 0.3) is 0 Å². The maximum absolute atomic E-state index is 13.3. The van der Waals surface area contributed by atoms with Crippen molar-refractivity contribution < 1.29 is 38.6 Å². The van der Waals surface area contributed by atoms with E-state index >= 15 is 0 Å². The average molecular weight is 614 g/mol. The summed E-state index contributed by atoms with van der Waals surface area (Å²) in [6, 6.07) is -0.978. The topological polar surface area (TPSA) is 183 Å². The minimum absolute atomic E-state index is 0.0724. The largest absolute Gasteiger partial charge is 0.427 e. The summed E-state index contributed by atoms with van der Waals surface area (Å²) in [5.74, 6) is -1.10. The first kappa shape index (κ1) is 30.1. The number of aromatic nitrogens is 1. The van der Waals surface area contributed by atoms with Gasteiger partial charge in [-0.2, -0.15) is 0 Å². The summed E-state index contributed by atoms with van der Waals surface area (Å²) in [5, 5.41) is 16.0. The van der Waals surface area contributed by atoms with Crippen LogP contribution in [0.3, 0.4) is 0 Å². The molecule has 40 heavy (non-hydrogen) atoms. The third-order valence-electron chi connectivity index (χ3n) is 6.32. The van der Waals surface area contributed by atoms with E-state index in [2.05, 4.69) is 15.5 Å². The van der Waals surface area contributed by atoms with E-state index in [1.54, 1.807) is 20.8 Å². The lowest BCUT2D eigenvalue weighted by atomic mass is 9.98. The summed E-state index contributed by atoms with van der Waals surface area (Å²) in [5.41, 5.74) is 4.60. The Hall–Kier alpha value is -2.82. The predicted molar refractivity (Wildman–Crippen MR) is 149 cm³/mol. The molecule has 13 nitrogen and oxygen atoms in total. The number of amides is 2. The van der Waals surface area contributed by atoms with E-state index in [-0.39, 0.29) is 22.2 Å². The number of esters is 2. The highest BCUT2D eigenvalue weighted by Gasteiger charge is 2.55. The molecule has 4 N–H and O–H groups in total. The molecule has 3 aliphatic rings. The summed E-state index contributed by atoms with van der Waals surface area (Å²) < 4.78 is 15.8. The third kappa shape index (κ3) is 6.72. The van der Waals surface area contributed by atoms with Gasteiger partial charge in [0.15, 0.2) is 10.8 Å². The Bertz CT molecular complexity index is 1220. The fourth-order valence-electron chi connectivity index (χ4n) is 4.06. The molecule has 0 saturated carbocycles. The lowest BCUT2D eigenvalue weighted by Crippen LogP contribution is -2.71. The standard InChI is InChI=1S/C24H31N5O8S3/c1-24(2,3)22(33)37-11-36-21(32)17-14(38-8-12-4-6-35-7-5-12)10-39-20-16(19(31)29(17)20)27-18(30)15(28-34)13-9-40-23(25)26-13/h9,12,16,20,34H,4-8,10-11H2,1-3H3,(H2,25,26)(H,27,30)/b28-15-/t16?,20-/m0/s1. The number of thioether (sulfide) groups is 2. The van der Waals surface area contributed by atoms with Crippen LogP contribution in [-0.4, -0.2) is 87.5 Å². The molecule has 0 bridgehead atoms. The Balaban J connectivity index is 1.48. The zero-order chi connectivity index (χ0) is 29.0. The molecule has 0 aliphatic carbocycles. The summed E-state index contributed by atoms with van der Waals surface area (Å²) >= 11 is 3.95. The number of carbonyl (C=O) groups is 4. The van der Waals surface area contributed by atoms with Crippen molar-refractivity contribution in [2.75, 3.05) is 37.2 Å². The van der Waals surface area contributed by atoms with Gasteiger partial charge in [-0.1, -0.05) is 5.16 Å². The van der Waals surface area contributed by atoms with Gasteiger partial charge in [-0.15, -0.1) is 34.9 Å². The molecule has 0 aromatic carbocycles. The molecule has 2 atom stereocenters. The van der Waals surface area contributed by atoms with Gasteiger partial charge in [0.25, 0.3) is 11.8 Å². The second-order valence-corrected chi connectivity index (χ2v) is 13.4. The van der Waals surface area contributed by atoms with E-state index in [0.29, 0.717) is 29.8 Å². The van der Waals surface area contributed by atoms with Crippen LogP contribution in [0.15, 0.2) is 21.1 Å². The molecule has 0 spiro atoms. The molecule has 0 radical (unpaired) electrons. The number of carbonyl (C=O) groups excluding carboxylic acids is 4. The number of nitrogens with one attached hydrogen (secondary N) is 1. The quantitative estimate of drug-likeness (QED) is 0.0918. The first-order chi connectivity index (χ1) is 19.0. The van der Waals surface area contributed by atoms with Crippen LogP contribution in [-0.2, 0) is 33.4 Å². The number of oxime groups is 1. The van der Waals surface area contributed by atoms with Crippen LogP contribution in [0.2, 0.25) is 0 Å². The number of thiazole rings is 1. The second kappa shape index (κ2) is 12.8. The van der Waals surface area contributed by atoms with Crippen LogP contribution < -0.4 is 11.1 Å². The summed E-state index contributed by atoms with van der Waals surface area (Å²) in [6.45, 7) is 5.82. The van der Waals surface area contributed by atoms with E-state index in [9.17, 15) is 24.4 Å². The first-order valence-corrected chi connectivity index (χ1v) is 15.4. The van der Waals surface area contributed by atoms with Crippen LogP contribution in [0, 0.1) is 11.3 Å². The normalized spacial score (nSPS) is 21.9. The lowest BCUT2D eigenvalue weighted by Gasteiger charge is -2.49. The number of anilines is 1. The molecule has 2 fully saturated rings. The number of rotatable bonds is 9. The van der Waals surface area contributed by atoms with Crippen molar-refractivity contribution in [3.8, 4) is 0 Å². The Labute approximate surface area is 243 Å². The van der Waals surface area contributed by atoms with Crippen molar-refractivity contribution in [3.05, 3.63) is 21.7 Å². The molecule has 16 heteroatoms. The average Bonchev–Trinajstić information content (AvgIpc) is 3.35. The van der Waals surface area contributed by atoms with E-state index in [1.165, 1.54) is 33.8 Å². The summed E-state index contributed by atoms with van der Waals surface area (Å²) in [6.07, 6.45) is 1.82. The number of hydrogen-bond donors (Lipinski definition) is 3. The van der Waals surface area contributed by atoms with E-state index in [4.69, 9.17) is 19.9 Å². The number of hydrogen-bond acceptors (Lipinski definition) is 14. The molecule has 2 saturated heterocycles. The van der Waals surface area contributed by atoms with E-state index in [0.717, 1.165) is 29.9 Å². The lowest BCUT2D eigenvalue weighted by molar-refractivity contribution is -0.173.